The first-order chi connectivity index (χ1) is 4.61. The summed E-state index contributed by atoms with van der Waals surface area (Å²) in [5.41, 5.74) is 0. The molecular formula is C6H8Cl2N2. The summed E-state index contributed by atoms with van der Waals surface area (Å²) in [5, 5.41) is 0.774. The fourth-order valence-corrected chi connectivity index (χ4v) is 0.898. The van der Waals surface area contributed by atoms with Crippen LogP contribution in [0.15, 0.2) is 0 Å². The second-order valence-electron chi connectivity index (χ2n) is 2.38. The maximum absolute atomic E-state index is 5.62. The molecule has 0 aromatic carbocycles. The van der Waals surface area contributed by atoms with Gasteiger partial charge in [-0.05, 0) is 0 Å². The number of aromatic nitrogens is 2. The molecule has 0 fully saturated rings. The van der Waals surface area contributed by atoms with E-state index in [1.807, 2.05) is 13.8 Å². The molecule has 0 amide bonds. The van der Waals surface area contributed by atoms with Crippen molar-refractivity contribution < 1.29 is 0 Å². The van der Waals surface area contributed by atoms with Crippen LogP contribution in [0.1, 0.15) is 25.6 Å². The van der Waals surface area contributed by atoms with Crippen molar-refractivity contribution in [2.75, 3.05) is 0 Å². The standard InChI is InChI=1S/C6H8Cl2N2/c1-3(2)6-9-4(7)5(8)10-6/h3H,1-2H3,(H,9,10). The lowest BCUT2D eigenvalue weighted by Crippen LogP contribution is -1.88. The van der Waals surface area contributed by atoms with Crippen LogP contribution in [0.3, 0.4) is 0 Å². The first-order valence-electron chi connectivity index (χ1n) is 3.02. The van der Waals surface area contributed by atoms with E-state index in [9.17, 15) is 0 Å². The molecule has 1 aromatic heterocycles. The fraction of sp³-hybridized carbons (Fsp3) is 0.500. The van der Waals surface area contributed by atoms with Gasteiger partial charge in [-0.25, -0.2) is 4.98 Å². The van der Waals surface area contributed by atoms with E-state index in [1.54, 1.807) is 0 Å². The molecule has 0 spiro atoms. The summed E-state index contributed by atoms with van der Waals surface area (Å²) in [6.45, 7) is 4.04. The van der Waals surface area contributed by atoms with Crippen molar-refractivity contribution in [2.45, 2.75) is 19.8 Å². The summed E-state index contributed by atoms with van der Waals surface area (Å²) in [6, 6.07) is 0. The fourth-order valence-electron chi connectivity index (χ4n) is 0.620. The van der Waals surface area contributed by atoms with Gasteiger partial charge in [0.05, 0.1) is 0 Å². The molecule has 0 atom stereocenters. The number of halogens is 2. The Morgan fingerprint density at radius 3 is 2.20 bits per heavy atom. The molecule has 1 heterocycles. The predicted octanol–water partition coefficient (Wildman–Crippen LogP) is 2.84. The van der Waals surface area contributed by atoms with Gasteiger partial charge in [0, 0.05) is 5.92 Å². The third-order valence-electron chi connectivity index (χ3n) is 1.18. The minimum Gasteiger partial charge on any atom is -0.332 e. The van der Waals surface area contributed by atoms with Crippen LogP contribution in [0, 0.1) is 0 Å². The quantitative estimate of drug-likeness (QED) is 0.705. The van der Waals surface area contributed by atoms with E-state index < -0.39 is 0 Å². The van der Waals surface area contributed by atoms with Crippen molar-refractivity contribution in [3.63, 3.8) is 0 Å². The zero-order valence-electron chi connectivity index (χ0n) is 5.78. The molecule has 0 saturated carbocycles. The molecule has 0 radical (unpaired) electrons. The van der Waals surface area contributed by atoms with Crippen LogP contribution in [-0.4, -0.2) is 9.97 Å². The Kier molecular flexibility index (Phi) is 2.21. The Labute approximate surface area is 69.6 Å². The van der Waals surface area contributed by atoms with Crippen molar-refractivity contribution >= 4 is 23.2 Å². The highest BCUT2D eigenvalue weighted by atomic mass is 35.5. The van der Waals surface area contributed by atoms with Gasteiger partial charge in [0.25, 0.3) is 0 Å². The lowest BCUT2D eigenvalue weighted by molar-refractivity contribution is 0.794. The van der Waals surface area contributed by atoms with Crippen LogP contribution in [-0.2, 0) is 0 Å². The molecule has 0 unspecified atom stereocenters. The third kappa shape index (κ3) is 1.44. The van der Waals surface area contributed by atoms with E-state index in [0.717, 1.165) is 5.82 Å². The van der Waals surface area contributed by atoms with Crippen LogP contribution in [0.5, 0.6) is 0 Å². The first-order valence-corrected chi connectivity index (χ1v) is 3.77. The van der Waals surface area contributed by atoms with Crippen molar-refractivity contribution in [3.05, 3.63) is 16.1 Å². The van der Waals surface area contributed by atoms with E-state index in [4.69, 9.17) is 23.2 Å². The lowest BCUT2D eigenvalue weighted by atomic mass is 10.2. The Balaban J connectivity index is 2.98. The van der Waals surface area contributed by atoms with Gasteiger partial charge in [0.15, 0.2) is 5.15 Å². The topological polar surface area (TPSA) is 28.7 Å². The molecule has 0 aliphatic carbocycles. The van der Waals surface area contributed by atoms with Crippen LogP contribution < -0.4 is 0 Å². The van der Waals surface area contributed by atoms with Crippen molar-refractivity contribution in [1.29, 1.82) is 0 Å². The highest BCUT2D eigenvalue weighted by molar-refractivity contribution is 6.40. The molecule has 1 aromatic rings. The average Bonchev–Trinajstić information content (AvgIpc) is 2.13. The second-order valence-corrected chi connectivity index (χ2v) is 3.12. The maximum atomic E-state index is 5.62. The summed E-state index contributed by atoms with van der Waals surface area (Å²) in [7, 11) is 0. The third-order valence-corrected chi connectivity index (χ3v) is 1.83. The van der Waals surface area contributed by atoms with Gasteiger partial charge in [-0.3, -0.25) is 0 Å². The molecular weight excluding hydrogens is 171 g/mol. The van der Waals surface area contributed by atoms with Crippen LogP contribution in [0.4, 0.5) is 0 Å². The molecule has 10 heavy (non-hydrogen) atoms. The van der Waals surface area contributed by atoms with Gasteiger partial charge in [-0.2, -0.15) is 0 Å². The average molecular weight is 179 g/mol. The minimum absolute atomic E-state index is 0.338. The molecule has 0 aliphatic heterocycles. The van der Waals surface area contributed by atoms with Gasteiger partial charge in [0.2, 0.25) is 0 Å². The highest BCUT2D eigenvalue weighted by Crippen LogP contribution is 2.21. The molecule has 0 saturated heterocycles. The van der Waals surface area contributed by atoms with Gasteiger partial charge < -0.3 is 4.98 Å². The van der Waals surface area contributed by atoms with E-state index in [0.29, 0.717) is 16.2 Å². The summed E-state index contributed by atoms with van der Waals surface area (Å²) in [6.07, 6.45) is 0. The Morgan fingerprint density at radius 1 is 1.40 bits per heavy atom. The van der Waals surface area contributed by atoms with Gasteiger partial charge >= 0.3 is 0 Å². The number of aromatic amines is 1. The van der Waals surface area contributed by atoms with Crippen LogP contribution in [0.2, 0.25) is 10.3 Å². The number of rotatable bonds is 1. The van der Waals surface area contributed by atoms with Crippen molar-refractivity contribution in [2.24, 2.45) is 0 Å². The normalized spacial score (nSPS) is 10.9. The number of H-pyrrole nitrogens is 1. The van der Waals surface area contributed by atoms with E-state index in [1.165, 1.54) is 0 Å². The number of nitrogens with zero attached hydrogens (tertiary/aromatic N) is 1. The second kappa shape index (κ2) is 2.81. The highest BCUT2D eigenvalue weighted by Gasteiger charge is 2.07. The molecule has 0 bridgehead atoms. The number of imidazole rings is 1. The van der Waals surface area contributed by atoms with Crippen LogP contribution in [0.25, 0.3) is 0 Å². The molecule has 2 nitrogen and oxygen atoms in total. The molecule has 1 N–H and O–H groups in total. The summed E-state index contributed by atoms with van der Waals surface area (Å²) < 4.78 is 0. The summed E-state index contributed by atoms with van der Waals surface area (Å²) >= 11 is 11.2. The Bertz CT molecular complexity index is 210. The Hall–Kier alpha value is -0.210. The largest absolute Gasteiger partial charge is 0.332 e. The van der Waals surface area contributed by atoms with Gasteiger partial charge in [-0.15, -0.1) is 0 Å². The van der Waals surface area contributed by atoms with E-state index in [2.05, 4.69) is 9.97 Å². The number of hydrogen-bond donors (Lipinski definition) is 1. The molecule has 56 valence electrons. The van der Waals surface area contributed by atoms with Gasteiger partial charge in [-0.1, -0.05) is 37.0 Å². The van der Waals surface area contributed by atoms with Crippen molar-refractivity contribution in [3.8, 4) is 0 Å². The maximum Gasteiger partial charge on any atom is 0.166 e. The number of hydrogen-bond acceptors (Lipinski definition) is 1. The van der Waals surface area contributed by atoms with Gasteiger partial charge in [0.1, 0.15) is 11.0 Å². The molecule has 0 aliphatic rings. The molecule has 1 rings (SSSR count). The zero-order chi connectivity index (χ0) is 7.72. The zero-order valence-corrected chi connectivity index (χ0v) is 7.29. The monoisotopic (exact) mass is 178 g/mol. The van der Waals surface area contributed by atoms with E-state index in [-0.39, 0.29) is 0 Å². The van der Waals surface area contributed by atoms with Crippen molar-refractivity contribution in [1.82, 2.24) is 9.97 Å². The Morgan fingerprint density at radius 2 is 2.00 bits per heavy atom. The number of nitrogens with one attached hydrogen (secondary N) is 1. The first kappa shape index (κ1) is 7.89. The lowest BCUT2D eigenvalue weighted by Gasteiger charge is -1.95. The SMILES string of the molecule is CC(C)c1nc(Cl)c(Cl)[nH]1. The molecule has 4 heteroatoms. The minimum atomic E-state index is 0.338. The summed E-state index contributed by atoms with van der Waals surface area (Å²) in [5.74, 6) is 1.17. The van der Waals surface area contributed by atoms with E-state index >= 15 is 0 Å². The smallest absolute Gasteiger partial charge is 0.166 e. The van der Waals surface area contributed by atoms with Crippen LogP contribution >= 0.6 is 23.2 Å². The predicted molar refractivity (Wildman–Crippen MR) is 42.7 cm³/mol. The summed E-state index contributed by atoms with van der Waals surface area (Å²) in [4.78, 5) is 6.85.